The van der Waals surface area contributed by atoms with Gasteiger partial charge in [0.15, 0.2) is 0 Å². The van der Waals surface area contributed by atoms with E-state index in [1.54, 1.807) is 29.9 Å². The Labute approximate surface area is 133 Å². The molecule has 0 spiro atoms. The quantitative estimate of drug-likeness (QED) is 0.801. The van der Waals surface area contributed by atoms with Crippen LogP contribution in [0.5, 0.6) is 0 Å². The maximum absolute atomic E-state index is 13.1. The third-order valence-electron chi connectivity index (χ3n) is 4.19. The average Bonchev–Trinajstić information content (AvgIpc) is 2.73. The van der Waals surface area contributed by atoms with Crippen molar-refractivity contribution in [2.45, 2.75) is 57.5 Å². The van der Waals surface area contributed by atoms with Gasteiger partial charge in [0.25, 0.3) is 0 Å². The monoisotopic (exact) mass is 329 g/mol. The van der Waals surface area contributed by atoms with Crippen molar-refractivity contribution in [1.82, 2.24) is 14.1 Å². The highest BCUT2D eigenvalue weighted by atomic mass is 32.2. The molecular weight excluding hydrogens is 302 g/mol. The minimum Gasteiger partial charge on any atom is -0.377 e. The van der Waals surface area contributed by atoms with Gasteiger partial charge >= 0.3 is 0 Å². The molecule has 1 atom stereocenters. The highest BCUT2D eigenvalue weighted by molar-refractivity contribution is 7.89. The summed E-state index contributed by atoms with van der Waals surface area (Å²) >= 11 is 0. The minimum absolute atomic E-state index is 0.00681. The van der Waals surface area contributed by atoms with Crippen LogP contribution in [0.1, 0.15) is 44.0 Å². The van der Waals surface area contributed by atoms with E-state index in [-0.39, 0.29) is 6.10 Å². The molecule has 0 radical (unpaired) electrons. The zero-order chi connectivity index (χ0) is 16.3. The van der Waals surface area contributed by atoms with Crippen molar-refractivity contribution in [1.29, 1.82) is 0 Å². The van der Waals surface area contributed by atoms with Crippen molar-refractivity contribution < 1.29 is 13.2 Å². The maximum Gasteiger partial charge on any atom is 0.246 e. The van der Waals surface area contributed by atoms with Crippen LogP contribution in [-0.4, -0.2) is 48.3 Å². The van der Waals surface area contributed by atoms with Crippen molar-refractivity contribution in [3.8, 4) is 0 Å². The van der Waals surface area contributed by atoms with Gasteiger partial charge in [0.05, 0.1) is 17.5 Å². The van der Waals surface area contributed by atoms with Crippen LogP contribution in [0, 0.1) is 13.8 Å². The lowest BCUT2D eigenvalue weighted by Gasteiger charge is -2.29. The van der Waals surface area contributed by atoms with Crippen molar-refractivity contribution in [3.05, 3.63) is 11.4 Å². The van der Waals surface area contributed by atoms with Crippen LogP contribution in [0.3, 0.4) is 0 Å². The van der Waals surface area contributed by atoms with E-state index in [4.69, 9.17) is 4.74 Å². The molecular formula is C15H27N3O3S. The number of aromatic nitrogens is 2. The second-order valence-corrected chi connectivity index (χ2v) is 7.85. The van der Waals surface area contributed by atoms with Gasteiger partial charge in [-0.05, 0) is 39.5 Å². The maximum atomic E-state index is 13.1. The topological polar surface area (TPSA) is 64.4 Å². The smallest absolute Gasteiger partial charge is 0.246 e. The highest BCUT2D eigenvalue weighted by Gasteiger charge is 2.32. The van der Waals surface area contributed by atoms with Gasteiger partial charge in [0.1, 0.15) is 4.90 Å². The van der Waals surface area contributed by atoms with E-state index in [9.17, 15) is 8.42 Å². The largest absolute Gasteiger partial charge is 0.377 e. The first kappa shape index (κ1) is 17.4. The lowest BCUT2D eigenvalue weighted by Crippen LogP contribution is -2.40. The Kier molecular flexibility index (Phi) is 5.63. The molecule has 0 aliphatic carbocycles. The van der Waals surface area contributed by atoms with E-state index in [1.807, 2.05) is 6.92 Å². The summed E-state index contributed by atoms with van der Waals surface area (Å²) in [6.45, 7) is 7.22. The van der Waals surface area contributed by atoms with Crippen LogP contribution in [-0.2, 0) is 21.8 Å². The summed E-state index contributed by atoms with van der Waals surface area (Å²) in [6.07, 6.45) is 3.89. The molecule has 2 heterocycles. The fraction of sp³-hybridized carbons (Fsp3) is 0.800. The van der Waals surface area contributed by atoms with Crippen molar-refractivity contribution in [2.75, 3.05) is 19.7 Å². The van der Waals surface area contributed by atoms with Crippen LogP contribution in [0.4, 0.5) is 0 Å². The Hall–Kier alpha value is -0.920. The zero-order valence-electron chi connectivity index (χ0n) is 14.0. The van der Waals surface area contributed by atoms with Gasteiger partial charge in [-0.2, -0.15) is 9.40 Å². The lowest BCUT2D eigenvalue weighted by atomic mass is 10.1. The first-order chi connectivity index (χ1) is 10.4. The summed E-state index contributed by atoms with van der Waals surface area (Å²) in [5, 5.41) is 4.25. The minimum atomic E-state index is -3.53. The van der Waals surface area contributed by atoms with E-state index in [2.05, 4.69) is 5.10 Å². The average molecular weight is 329 g/mol. The van der Waals surface area contributed by atoms with Crippen LogP contribution in [0.15, 0.2) is 4.90 Å². The number of hydrogen-bond donors (Lipinski definition) is 0. The molecule has 6 nitrogen and oxygen atoms in total. The number of aryl methyl sites for hydroxylation is 2. The molecule has 1 aliphatic rings. The molecule has 0 bridgehead atoms. The molecule has 1 aromatic heterocycles. The van der Waals surface area contributed by atoms with Gasteiger partial charge in [-0.15, -0.1) is 0 Å². The van der Waals surface area contributed by atoms with Crippen molar-refractivity contribution in [3.63, 3.8) is 0 Å². The predicted octanol–water partition coefficient (Wildman–Crippen LogP) is 2.01. The standard InChI is InChI=1S/C15H27N3O3S/c1-5-9-18(11-14-8-6-7-10-21-14)22(19,20)15-12(2)16-17(4)13(15)3/h14H,5-11H2,1-4H3/t14-/m1/s1. The van der Waals surface area contributed by atoms with Crippen LogP contribution in [0.25, 0.3) is 0 Å². The molecule has 1 aromatic rings. The summed E-state index contributed by atoms with van der Waals surface area (Å²) in [6, 6.07) is 0. The molecule has 7 heteroatoms. The first-order valence-electron chi connectivity index (χ1n) is 7.99. The van der Waals surface area contributed by atoms with E-state index in [1.165, 1.54) is 0 Å². The normalized spacial score (nSPS) is 19.8. The second-order valence-electron chi connectivity index (χ2n) is 5.98. The summed E-state index contributed by atoms with van der Waals surface area (Å²) in [5.41, 5.74) is 1.24. The SMILES string of the molecule is CCCN(C[C@H]1CCCCO1)S(=O)(=O)c1c(C)nn(C)c1C. The molecule has 1 aliphatic heterocycles. The number of sulfonamides is 1. The molecule has 22 heavy (non-hydrogen) atoms. The van der Waals surface area contributed by atoms with Gasteiger partial charge in [-0.3, -0.25) is 4.68 Å². The van der Waals surface area contributed by atoms with Crippen molar-refractivity contribution in [2.24, 2.45) is 7.05 Å². The third-order valence-corrected chi connectivity index (χ3v) is 6.31. The van der Waals surface area contributed by atoms with E-state index < -0.39 is 10.0 Å². The summed E-state index contributed by atoms with van der Waals surface area (Å²) in [5.74, 6) is 0. The number of hydrogen-bond acceptors (Lipinski definition) is 4. The number of ether oxygens (including phenoxy) is 1. The summed E-state index contributed by atoms with van der Waals surface area (Å²) in [7, 11) is -1.76. The Balaban J connectivity index is 2.28. The molecule has 126 valence electrons. The number of nitrogens with zero attached hydrogens (tertiary/aromatic N) is 3. The highest BCUT2D eigenvalue weighted by Crippen LogP contribution is 2.25. The van der Waals surface area contributed by atoms with Crippen LogP contribution < -0.4 is 0 Å². The second kappa shape index (κ2) is 7.10. The third kappa shape index (κ3) is 3.52. The van der Waals surface area contributed by atoms with Gasteiger partial charge in [-0.25, -0.2) is 8.42 Å². The molecule has 0 unspecified atom stereocenters. The van der Waals surface area contributed by atoms with E-state index in [0.29, 0.717) is 29.4 Å². The molecule has 1 fully saturated rings. The molecule has 0 saturated carbocycles. The first-order valence-corrected chi connectivity index (χ1v) is 9.43. The van der Waals surface area contributed by atoms with Crippen LogP contribution in [0.2, 0.25) is 0 Å². The van der Waals surface area contributed by atoms with E-state index >= 15 is 0 Å². The predicted molar refractivity (Wildman–Crippen MR) is 85.3 cm³/mol. The Morgan fingerprint density at radius 1 is 1.36 bits per heavy atom. The Morgan fingerprint density at radius 2 is 2.09 bits per heavy atom. The van der Waals surface area contributed by atoms with Crippen molar-refractivity contribution >= 4 is 10.0 Å². The zero-order valence-corrected chi connectivity index (χ0v) is 14.8. The van der Waals surface area contributed by atoms with Gasteiger partial charge in [-0.1, -0.05) is 6.92 Å². The molecule has 2 rings (SSSR count). The number of rotatable bonds is 6. The molecule has 0 aromatic carbocycles. The van der Waals surface area contributed by atoms with Crippen LogP contribution >= 0.6 is 0 Å². The van der Waals surface area contributed by atoms with E-state index in [0.717, 1.165) is 32.3 Å². The van der Waals surface area contributed by atoms with Gasteiger partial charge < -0.3 is 4.74 Å². The summed E-state index contributed by atoms with van der Waals surface area (Å²) < 4.78 is 35.1. The van der Waals surface area contributed by atoms with Gasteiger partial charge in [0, 0.05) is 26.7 Å². The fourth-order valence-electron chi connectivity index (χ4n) is 2.99. The molecule has 1 saturated heterocycles. The Morgan fingerprint density at radius 3 is 2.59 bits per heavy atom. The summed E-state index contributed by atoms with van der Waals surface area (Å²) in [4.78, 5) is 0.347. The Bertz CT molecular complexity index is 604. The lowest BCUT2D eigenvalue weighted by molar-refractivity contribution is 0.00623. The molecule has 0 amide bonds. The van der Waals surface area contributed by atoms with Gasteiger partial charge in [0.2, 0.25) is 10.0 Å². The fourth-order valence-corrected chi connectivity index (χ4v) is 4.96. The molecule has 0 N–H and O–H groups in total.